The molecular weight excluding hydrogens is 416 g/mol. The van der Waals surface area contributed by atoms with Crippen molar-refractivity contribution in [1.82, 2.24) is 0 Å². The Kier molecular flexibility index (Phi) is 13.9. The van der Waals surface area contributed by atoms with Crippen LogP contribution in [0.1, 0.15) is 102 Å². The number of hydrogen-bond acceptors (Lipinski definition) is 3. The second kappa shape index (κ2) is 16.8. The minimum Gasteiger partial charge on any atom is -0.371 e. The average Bonchev–Trinajstić information content (AvgIpc) is 2.80. The van der Waals surface area contributed by atoms with E-state index in [1.807, 2.05) is 24.3 Å². The largest absolute Gasteiger partial charge is 0.417 e. The monoisotopic (exact) mass is 458 g/mol. The maximum atomic E-state index is 12.2. The molecule has 0 aliphatic carbocycles. The van der Waals surface area contributed by atoms with E-state index in [0.717, 1.165) is 12.8 Å². The van der Waals surface area contributed by atoms with Gasteiger partial charge in [0.05, 0.1) is 0 Å². The lowest BCUT2D eigenvalue weighted by Crippen LogP contribution is -2.08. The molecule has 0 atom stereocenters. The quantitative estimate of drug-likeness (QED) is 0.210. The van der Waals surface area contributed by atoms with E-state index < -0.39 is 11.4 Å². The topological polar surface area (TPSA) is 35.5 Å². The van der Waals surface area contributed by atoms with Crippen molar-refractivity contribution in [2.45, 2.75) is 104 Å². The van der Waals surface area contributed by atoms with Gasteiger partial charge in [-0.05, 0) is 61.1 Å². The Balaban J connectivity index is 1.65. The van der Waals surface area contributed by atoms with Gasteiger partial charge in [-0.2, -0.15) is 4.21 Å². The summed E-state index contributed by atoms with van der Waals surface area (Å²) in [6, 6.07) is 15.7. The molecule has 2 rings (SSSR count). The van der Waals surface area contributed by atoms with Gasteiger partial charge in [-0.1, -0.05) is 102 Å². The molecule has 0 bridgehead atoms. The second-order valence-electron chi connectivity index (χ2n) is 8.69. The number of aryl methyl sites for hydroxylation is 2. The molecule has 178 valence electrons. The summed E-state index contributed by atoms with van der Waals surface area (Å²) in [6.45, 7) is 4.49. The Labute approximate surface area is 198 Å². The van der Waals surface area contributed by atoms with E-state index in [0.29, 0.717) is 11.5 Å². The zero-order valence-electron chi connectivity index (χ0n) is 20.2. The van der Waals surface area contributed by atoms with Crippen LogP contribution < -0.4 is 8.37 Å². The first-order chi connectivity index (χ1) is 15.7. The molecule has 2 aromatic carbocycles. The molecule has 32 heavy (non-hydrogen) atoms. The van der Waals surface area contributed by atoms with Gasteiger partial charge in [0.1, 0.15) is 11.5 Å². The highest BCUT2D eigenvalue weighted by Gasteiger charge is 2.07. The molecule has 2 aromatic rings. The van der Waals surface area contributed by atoms with Crippen molar-refractivity contribution in [2.24, 2.45) is 0 Å². The van der Waals surface area contributed by atoms with Crippen LogP contribution in [0.2, 0.25) is 0 Å². The molecule has 0 aromatic heterocycles. The summed E-state index contributed by atoms with van der Waals surface area (Å²) < 4.78 is 23.1. The third-order valence-electron chi connectivity index (χ3n) is 5.81. The minimum absolute atomic E-state index is 0.565. The second-order valence-corrected chi connectivity index (χ2v) is 9.44. The fourth-order valence-corrected chi connectivity index (χ4v) is 4.39. The maximum Gasteiger partial charge on any atom is 0.417 e. The first kappa shape index (κ1) is 26.4. The number of rotatable bonds is 18. The number of hydrogen-bond donors (Lipinski definition) is 0. The van der Waals surface area contributed by atoms with Gasteiger partial charge < -0.3 is 8.37 Å². The van der Waals surface area contributed by atoms with Crippen molar-refractivity contribution in [3.8, 4) is 11.5 Å². The predicted octanol–water partition coefficient (Wildman–Crippen LogP) is 8.53. The molecular formula is C28H42O3S. The summed E-state index contributed by atoms with van der Waals surface area (Å²) in [5, 5.41) is 0. The highest BCUT2D eigenvalue weighted by Crippen LogP contribution is 2.19. The standard InChI is InChI=1S/C28H42O3S/c1-3-5-7-9-11-13-15-25-17-21-27(22-18-25)30-32(29)31-28-23-19-26(20-24-28)16-14-12-10-8-6-4-2/h17-24H,3-16H2,1-2H3. The predicted molar refractivity (Wildman–Crippen MR) is 136 cm³/mol. The van der Waals surface area contributed by atoms with Gasteiger partial charge in [-0.3, -0.25) is 0 Å². The summed E-state index contributed by atoms with van der Waals surface area (Å²) in [5.74, 6) is 1.13. The molecule has 0 radical (unpaired) electrons. The highest BCUT2D eigenvalue weighted by atomic mass is 32.2. The van der Waals surface area contributed by atoms with E-state index in [4.69, 9.17) is 8.37 Å². The van der Waals surface area contributed by atoms with Gasteiger partial charge in [0.15, 0.2) is 0 Å². The van der Waals surface area contributed by atoms with Crippen LogP contribution >= 0.6 is 0 Å². The van der Waals surface area contributed by atoms with E-state index in [-0.39, 0.29) is 0 Å². The molecule has 0 unspecified atom stereocenters. The molecule has 0 N–H and O–H groups in total. The number of benzene rings is 2. The Morgan fingerprint density at radius 1 is 0.531 bits per heavy atom. The van der Waals surface area contributed by atoms with Crippen molar-refractivity contribution in [3.63, 3.8) is 0 Å². The lowest BCUT2D eigenvalue weighted by Gasteiger charge is -2.08. The zero-order valence-corrected chi connectivity index (χ0v) is 21.0. The van der Waals surface area contributed by atoms with Crippen molar-refractivity contribution in [3.05, 3.63) is 59.7 Å². The van der Waals surface area contributed by atoms with E-state index in [1.54, 1.807) is 0 Å². The molecule has 0 fully saturated rings. The third-order valence-corrected chi connectivity index (χ3v) is 6.47. The summed E-state index contributed by atoms with van der Waals surface area (Å²) in [5.41, 5.74) is 2.58. The summed E-state index contributed by atoms with van der Waals surface area (Å²) >= 11 is -1.86. The van der Waals surface area contributed by atoms with E-state index in [9.17, 15) is 4.21 Å². The van der Waals surface area contributed by atoms with Crippen molar-refractivity contribution in [1.29, 1.82) is 0 Å². The summed E-state index contributed by atoms with van der Waals surface area (Å²) in [4.78, 5) is 0. The fraction of sp³-hybridized carbons (Fsp3) is 0.571. The van der Waals surface area contributed by atoms with Gasteiger partial charge in [0.2, 0.25) is 0 Å². The lowest BCUT2D eigenvalue weighted by molar-refractivity contribution is 0.461. The molecule has 4 heteroatoms. The summed E-state index contributed by atoms with van der Waals surface area (Å²) in [6.07, 6.45) is 17.8. The van der Waals surface area contributed by atoms with Crippen LogP contribution in [-0.2, 0) is 24.2 Å². The molecule has 0 aliphatic rings. The van der Waals surface area contributed by atoms with Gasteiger partial charge in [-0.25, -0.2) is 0 Å². The molecule has 0 saturated carbocycles. The highest BCUT2D eigenvalue weighted by molar-refractivity contribution is 7.75. The van der Waals surface area contributed by atoms with Crippen LogP contribution in [0.4, 0.5) is 0 Å². The van der Waals surface area contributed by atoms with Crippen LogP contribution in [0.15, 0.2) is 48.5 Å². The summed E-state index contributed by atoms with van der Waals surface area (Å²) in [7, 11) is 0. The Morgan fingerprint density at radius 2 is 0.875 bits per heavy atom. The first-order valence-corrected chi connectivity index (χ1v) is 13.7. The van der Waals surface area contributed by atoms with Gasteiger partial charge >= 0.3 is 11.4 Å². The lowest BCUT2D eigenvalue weighted by atomic mass is 10.1. The van der Waals surface area contributed by atoms with Crippen LogP contribution in [0.3, 0.4) is 0 Å². The molecule has 0 amide bonds. The maximum absolute atomic E-state index is 12.2. The van der Waals surface area contributed by atoms with E-state index in [1.165, 1.54) is 88.2 Å². The van der Waals surface area contributed by atoms with E-state index in [2.05, 4.69) is 38.1 Å². The average molecular weight is 459 g/mol. The van der Waals surface area contributed by atoms with Crippen LogP contribution in [0.25, 0.3) is 0 Å². The third kappa shape index (κ3) is 11.7. The molecule has 3 nitrogen and oxygen atoms in total. The van der Waals surface area contributed by atoms with Crippen LogP contribution in [0.5, 0.6) is 11.5 Å². The Hall–Kier alpha value is -1.81. The normalized spacial score (nSPS) is 11.1. The Bertz CT molecular complexity index is 677. The van der Waals surface area contributed by atoms with Crippen LogP contribution in [0, 0.1) is 0 Å². The van der Waals surface area contributed by atoms with Crippen molar-refractivity contribution >= 4 is 11.4 Å². The van der Waals surface area contributed by atoms with Gasteiger partial charge in [0.25, 0.3) is 0 Å². The molecule has 0 saturated heterocycles. The SMILES string of the molecule is CCCCCCCCc1ccc(OS(=O)Oc2ccc(CCCCCCCC)cc2)cc1. The first-order valence-electron chi connectivity index (χ1n) is 12.7. The van der Waals surface area contributed by atoms with Gasteiger partial charge in [0, 0.05) is 0 Å². The zero-order chi connectivity index (χ0) is 22.9. The molecule has 0 aliphatic heterocycles. The smallest absolute Gasteiger partial charge is 0.371 e. The van der Waals surface area contributed by atoms with Gasteiger partial charge in [-0.15, -0.1) is 0 Å². The number of unbranched alkanes of at least 4 members (excludes halogenated alkanes) is 10. The molecule has 0 heterocycles. The van der Waals surface area contributed by atoms with Crippen LogP contribution in [-0.4, -0.2) is 4.21 Å². The Morgan fingerprint density at radius 3 is 1.25 bits per heavy atom. The van der Waals surface area contributed by atoms with Crippen molar-refractivity contribution in [2.75, 3.05) is 0 Å². The van der Waals surface area contributed by atoms with E-state index >= 15 is 0 Å². The minimum atomic E-state index is -1.86. The molecule has 0 spiro atoms. The van der Waals surface area contributed by atoms with Crippen molar-refractivity contribution < 1.29 is 12.6 Å². The fourth-order valence-electron chi connectivity index (χ4n) is 3.82.